The largest absolute Gasteiger partial charge is 0.502 e. The normalized spacial score (nSPS) is 13.2. The Labute approximate surface area is 251 Å². The first-order chi connectivity index (χ1) is 18.8. The van der Waals surface area contributed by atoms with Crippen LogP contribution in [0.4, 0.5) is 17.1 Å². The summed E-state index contributed by atoms with van der Waals surface area (Å²) < 4.78 is 7.17. The molecular weight excluding hydrogens is 634 g/mol. The number of aryl methyl sites for hydroxylation is 6. The van der Waals surface area contributed by atoms with Gasteiger partial charge in [-0.3, -0.25) is 0 Å². The van der Waals surface area contributed by atoms with Crippen molar-refractivity contribution in [1.82, 2.24) is 0 Å². The van der Waals surface area contributed by atoms with E-state index in [9.17, 15) is 10.1 Å². The number of hydrogen-bond acceptors (Lipinski definition) is 5. The molecule has 0 radical (unpaired) electrons. The third-order valence-electron chi connectivity index (χ3n) is 6.46. The summed E-state index contributed by atoms with van der Waals surface area (Å²) in [4.78, 5) is 15.0. The maximum Gasteiger partial charge on any atom is 0.0146 e. The minimum Gasteiger partial charge on any atom is -0.502 e. The molecule has 218 valence electrons. The summed E-state index contributed by atoms with van der Waals surface area (Å²) in [5.41, 5.74) is 11.4. The molecule has 6 nitrogen and oxygen atoms in total. The van der Waals surface area contributed by atoms with E-state index in [0.717, 1.165) is 13.1 Å². The van der Waals surface area contributed by atoms with Gasteiger partial charge in [-0.25, -0.2) is 0 Å². The summed E-state index contributed by atoms with van der Waals surface area (Å²) in [5.74, 6) is 0.561. The van der Waals surface area contributed by atoms with Crippen LogP contribution < -0.4 is 14.5 Å². The zero-order valence-corrected chi connectivity index (χ0v) is 27.6. The molecule has 1 saturated heterocycles. The molecule has 0 spiro atoms. The molecular formula is C31H38Cl2N3O3Ru-. The van der Waals surface area contributed by atoms with E-state index < -0.39 is 18.4 Å². The topological polar surface area (TPSA) is 58.9 Å². The van der Waals surface area contributed by atoms with E-state index in [2.05, 4.69) is 82.3 Å². The van der Waals surface area contributed by atoms with Gasteiger partial charge in [0.1, 0.15) is 0 Å². The Hall–Kier alpha value is -2.47. The van der Waals surface area contributed by atoms with Crippen molar-refractivity contribution in [3.63, 3.8) is 0 Å². The van der Waals surface area contributed by atoms with Gasteiger partial charge in [-0.15, -0.1) is 0 Å². The van der Waals surface area contributed by atoms with E-state index in [4.69, 9.17) is 24.1 Å². The molecule has 0 amide bonds. The molecule has 0 bridgehead atoms. The van der Waals surface area contributed by atoms with Gasteiger partial charge < -0.3 is 9.80 Å². The number of ether oxygens (including phenoxy) is 1. The van der Waals surface area contributed by atoms with Crippen molar-refractivity contribution < 1.29 is 23.2 Å². The molecule has 3 aromatic rings. The molecule has 0 unspecified atom stereocenters. The van der Waals surface area contributed by atoms with Gasteiger partial charge in [-0.2, -0.15) is 6.67 Å². The van der Waals surface area contributed by atoms with Crippen LogP contribution in [-0.4, -0.2) is 28.7 Å². The fourth-order valence-electron chi connectivity index (χ4n) is 5.26. The van der Waals surface area contributed by atoms with Gasteiger partial charge in [0.2, 0.25) is 0 Å². The summed E-state index contributed by atoms with van der Waals surface area (Å²) in [6, 6.07) is 13.5. The van der Waals surface area contributed by atoms with Crippen LogP contribution in [0.15, 0.2) is 42.5 Å². The van der Waals surface area contributed by atoms with Crippen molar-refractivity contribution in [1.29, 1.82) is 0 Å². The van der Waals surface area contributed by atoms with Crippen LogP contribution in [0, 0.1) is 58.3 Å². The van der Waals surface area contributed by atoms with Crippen molar-refractivity contribution in [3.8, 4) is 5.75 Å². The van der Waals surface area contributed by atoms with Crippen molar-refractivity contribution in [2.24, 2.45) is 0 Å². The summed E-state index contributed by atoms with van der Waals surface area (Å²) in [7, 11) is 11.6. The first kappa shape index (κ1) is 32.1. The Balaban J connectivity index is 0.000000232. The first-order valence-corrected chi connectivity index (χ1v) is 18.6. The van der Waals surface area contributed by atoms with Gasteiger partial charge in [0.05, 0.1) is 0 Å². The minimum absolute atomic E-state index is 0.00360. The van der Waals surface area contributed by atoms with Crippen LogP contribution >= 0.6 is 19.4 Å². The fourth-order valence-corrected chi connectivity index (χ4v) is 7.05. The monoisotopic (exact) mass is 672 g/mol. The number of nitrogens with zero attached hydrogens (tertiary/aromatic N) is 3. The SMILES string of the molecule is CC(C)Oc1ccc([N+](=O)[O-])cc1[CH]=[Ru]([Cl])[Cl].Cc1cc(C)c(N2[CH-]N(c3c(C)cc(C)cc3C)CC2)c(C)c1. The van der Waals surface area contributed by atoms with Crippen molar-refractivity contribution in [3.05, 3.63) is 98.2 Å². The molecule has 4 rings (SSSR count). The second kappa shape index (κ2) is 13.9. The van der Waals surface area contributed by atoms with E-state index >= 15 is 0 Å². The van der Waals surface area contributed by atoms with E-state index in [-0.39, 0.29) is 11.8 Å². The van der Waals surface area contributed by atoms with E-state index in [1.54, 1.807) is 10.7 Å². The molecule has 0 aromatic heterocycles. The molecule has 0 saturated carbocycles. The van der Waals surface area contributed by atoms with Gasteiger partial charge >= 0.3 is 112 Å². The van der Waals surface area contributed by atoms with Crippen LogP contribution in [-0.2, 0) is 13.5 Å². The van der Waals surface area contributed by atoms with Crippen LogP contribution in [0.25, 0.3) is 0 Å². The zero-order chi connectivity index (χ0) is 29.7. The number of benzene rings is 3. The molecule has 0 aliphatic carbocycles. The Kier molecular flexibility index (Phi) is 11.2. The van der Waals surface area contributed by atoms with Crippen LogP contribution in [0.5, 0.6) is 5.75 Å². The Morgan fingerprint density at radius 2 is 1.32 bits per heavy atom. The minimum atomic E-state index is -2.05. The second-order valence-electron chi connectivity index (χ2n) is 10.4. The fraction of sp³-hybridized carbons (Fsp3) is 0.355. The van der Waals surface area contributed by atoms with Gasteiger partial charge in [-0.05, 0) is 63.8 Å². The number of hydrogen-bond donors (Lipinski definition) is 0. The Morgan fingerprint density at radius 3 is 1.70 bits per heavy atom. The summed E-state index contributed by atoms with van der Waals surface area (Å²) in [6.07, 6.45) is -0.0186. The number of rotatable bonds is 6. The number of non-ortho nitro benzene ring substituents is 1. The van der Waals surface area contributed by atoms with Gasteiger partial charge in [0.15, 0.2) is 0 Å². The molecule has 3 aromatic carbocycles. The van der Waals surface area contributed by atoms with Crippen molar-refractivity contribution in [2.45, 2.75) is 61.5 Å². The molecule has 1 heterocycles. The van der Waals surface area contributed by atoms with Gasteiger partial charge in [0.25, 0.3) is 0 Å². The Morgan fingerprint density at radius 1 is 0.875 bits per heavy atom. The average molecular weight is 673 g/mol. The first-order valence-electron chi connectivity index (χ1n) is 13.1. The van der Waals surface area contributed by atoms with Crippen LogP contribution in [0.1, 0.15) is 52.8 Å². The predicted molar refractivity (Wildman–Crippen MR) is 166 cm³/mol. The van der Waals surface area contributed by atoms with E-state index in [1.807, 2.05) is 13.8 Å². The molecule has 40 heavy (non-hydrogen) atoms. The van der Waals surface area contributed by atoms with Gasteiger partial charge in [0, 0.05) is 24.5 Å². The smallest absolute Gasteiger partial charge is 0.0146 e. The standard InChI is InChI=1S/C21H27N2.C10H11NO3.2ClH.Ru/c1-14-9-16(3)20(17(4)10-14)22-7-8-23(13-22)21-18(5)11-15(2)12-19(21)6;1-7(2)14-10-5-4-9(11(12)13)6-8(10)3;;;/h9-13H,7-8H2,1-6H3;3-7H,1-2H3;2*1H;/q-1;;;;+2/p-2. The molecule has 0 N–H and O–H groups in total. The quantitative estimate of drug-likeness (QED) is 0.114. The van der Waals surface area contributed by atoms with Crippen LogP contribution in [0.3, 0.4) is 0 Å². The number of anilines is 2. The molecule has 1 fully saturated rings. The van der Waals surface area contributed by atoms with E-state index in [0.29, 0.717) is 11.3 Å². The number of halogens is 2. The average Bonchev–Trinajstić information content (AvgIpc) is 3.27. The number of nitro benzene ring substituents is 1. The van der Waals surface area contributed by atoms with Crippen molar-refractivity contribution in [2.75, 3.05) is 22.9 Å². The van der Waals surface area contributed by atoms with Crippen molar-refractivity contribution >= 4 is 41.1 Å². The molecule has 1 aliphatic heterocycles. The third-order valence-corrected chi connectivity index (χ3v) is 8.29. The molecule has 9 heteroatoms. The van der Waals surface area contributed by atoms with Gasteiger partial charge in [-0.1, -0.05) is 35.4 Å². The molecule has 1 aliphatic rings. The maximum absolute atomic E-state index is 10.7. The number of nitro groups is 1. The van der Waals surface area contributed by atoms with Crippen LogP contribution in [0.2, 0.25) is 0 Å². The Bertz CT molecular complexity index is 1310. The van der Waals surface area contributed by atoms with E-state index in [1.165, 1.54) is 56.9 Å². The zero-order valence-electron chi connectivity index (χ0n) is 24.4. The summed E-state index contributed by atoms with van der Waals surface area (Å²) >= 11 is -2.05. The third kappa shape index (κ3) is 8.28. The summed E-state index contributed by atoms with van der Waals surface area (Å²) in [6.45, 7) is 21.3. The molecule has 0 atom stereocenters. The predicted octanol–water partition coefficient (Wildman–Crippen LogP) is 8.44. The summed E-state index contributed by atoms with van der Waals surface area (Å²) in [5, 5.41) is 10.7. The maximum atomic E-state index is 10.7. The second-order valence-corrected chi connectivity index (χ2v) is 16.2.